The van der Waals surface area contributed by atoms with E-state index in [1.807, 2.05) is 17.5 Å². The number of hydrogen-bond acceptors (Lipinski definition) is 5. The highest BCUT2D eigenvalue weighted by Gasteiger charge is 2.22. The Kier molecular flexibility index (Phi) is 10.4. The lowest BCUT2D eigenvalue weighted by Crippen LogP contribution is -2.52. The van der Waals surface area contributed by atoms with Gasteiger partial charge in [0.05, 0.1) is 12.1 Å². The zero-order valence-corrected chi connectivity index (χ0v) is 18.1. The Morgan fingerprint density at radius 3 is 2.81 bits per heavy atom. The minimum Gasteiger partial charge on any atom is -0.486 e. The molecule has 0 radical (unpaired) electrons. The third-order valence-electron chi connectivity index (χ3n) is 4.23. The van der Waals surface area contributed by atoms with E-state index in [2.05, 4.69) is 22.5 Å². The maximum atomic E-state index is 12.2. The SMILES string of the molecule is CC1NCCCC1NC(=O)Cc1csc(COc2ccc(Cl)cc2)n1.Cl.Cl. The maximum absolute atomic E-state index is 12.2. The van der Waals surface area contributed by atoms with Crippen molar-refractivity contribution in [2.24, 2.45) is 0 Å². The molecular formula is C18H24Cl3N3O2S. The molecule has 2 atom stereocenters. The smallest absolute Gasteiger partial charge is 0.226 e. The molecule has 150 valence electrons. The monoisotopic (exact) mass is 451 g/mol. The number of carbonyl (C=O) groups excluding carboxylic acids is 1. The van der Waals surface area contributed by atoms with Crippen molar-refractivity contribution in [3.8, 4) is 5.75 Å². The predicted octanol–water partition coefficient (Wildman–Crippen LogP) is 4.02. The lowest BCUT2D eigenvalue weighted by molar-refractivity contribution is -0.121. The van der Waals surface area contributed by atoms with E-state index in [9.17, 15) is 4.79 Å². The summed E-state index contributed by atoms with van der Waals surface area (Å²) < 4.78 is 5.68. The lowest BCUT2D eigenvalue weighted by atomic mass is 10.00. The third-order valence-corrected chi connectivity index (χ3v) is 5.35. The van der Waals surface area contributed by atoms with E-state index in [4.69, 9.17) is 16.3 Å². The lowest BCUT2D eigenvalue weighted by Gasteiger charge is -2.30. The van der Waals surface area contributed by atoms with Crippen LogP contribution in [0.4, 0.5) is 0 Å². The van der Waals surface area contributed by atoms with E-state index >= 15 is 0 Å². The number of thiazole rings is 1. The molecule has 9 heteroatoms. The Morgan fingerprint density at radius 2 is 2.11 bits per heavy atom. The van der Waals surface area contributed by atoms with Gasteiger partial charge in [0.25, 0.3) is 0 Å². The van der Waals surface area contributed by atoms with Crippen LogP contribution in [-0.2, 0) is 17.8 Å². The molecule has 0 saturated carbocycles. The van der Waals surface area contributed by atoms with Crippen molar-refractivity contribution in [2.75, 3.05) is 6.54 Å². The quantitative estimate of drug-likeness (QED) is 0.695. The van der Waals surface area contributed by atoms with Crippen LogP contribution in [-0.4, -0.2) is 29.5 Å². The number of piperidine rings is 1. The summed E-state index contributed by atoms with van der Waals surface area (Å²) in [6.07, 6.45) is 2.43. The summed E-state index contributed by atoms with van der Waals surface area (Å²) in [4.78, 5) is 16.7. The molecule has 1 aliphatic rings. The van der Waals surface area contributed by atoms with Crippen LogP contribution >= 0.6 is 47.8 Å². The summed E-state index contributed by atoms with van der Waals surface area (Å²) in [6.45, 7) is 3.52. The Bertz CT molecular complexity index is 712. The van der Waals surface area contributed by atoms with Gasteiger partial charge in [-0.3, -0.25) is 4.79 Å². The van der Waals surface area contributed by atoms with Gasteiger partial charge in [0, 0.05) is 22.5 Å². The summed E-state index contributed by atoms with van der Waals surface area (Å²) in [5, 5.41) is 9.95. The molecule has 1 aliphatic heterocycles. The number of halogens is 3. The first-order valence-electron chi connectivity index (χ1n) is 8.44. The molecule has 5 nitrogen and oxygen atoms in total. The van der Waals surface area contributed by atoms with E-state index in [0.29, 0.717) is 24.1 Å². The molecule has 0 spiro atoms. The first kappa shape index (κ1) is 24.0. The average molecular weight is 453 g/mol. The summed E-state index contributed by atoms with van der Waals surface area (Å²) >= 11 is 7.36. The number of nitrogens with zero attached hydrogens (tertiary/aromatic N) is 1. The Balaban J connectivity index is 0.00000182. The summed E-state index contributed by atoms with van der Waals surface area (Å²) in [6, 6.07) is 7.74. The zero-order chi connectivity index (χ0) is 17.6. The fourth-order valence-electron chi connectivity index (χ4n) is 2.84. The Hall–Kier alpha value is -1.05. The third kappa shape index (κ3) is 7.47. The number of hydrogen-bond donors (Lipinski definition) is 2. The molecule has 2 heterocycles. The Morgan fingerprint density at radius 1 is 1.37 bits per heavy atom. The highest BCUT2D eigenvalue weighted by Crippen LogP contribution is 2.18. The molecule has 1 saturated heterocycles. The van der Waals surface area contributed by atoms with Crippen molar-refractivity contribution in [3.05, 3.63) is 45.4 Å². The van der Waals surface area contributed by atoms with E-state index in [1.54, 1.807) is 12.1 Å². The number of ether oxygens (including phenoxy) is 1. The van der Waals surface area contributed by atoms with Crippen molar-refractivity contribution < 1.29 is 9.53 Å². The van der Waals surface area contributed by atoms with Crippen molar-refractivity contribution in [3.63, 3.8) is 0 Å². The van der Waals surface area contributed by atoms with Gasteiger partial charge in [0.2, 0.25) is 5.91 Å². The van der Waals surface area contributed by atoms with Gasteiger partial charge in [-0.25, -0.2) is 4.98 Å². The molecule has 0 aliphatic carbocycles. The molecule has 1 aromatic carbocycles. The number of benzene rings is 1. The number of amides is 1. The fraction of sp³-hybridized carbons (Fsp3) is 0.444. The zero-order valence-electron chi connectivity index (χ0n) is 14.9. The molecule has 2 aromatic rings. The average Bonchev–Trinajstić information content (AvgIpc) is 3.04. The maximum Gasteiger partial charge on any atom is 0.226 e. The van der Waals surface area contributed by atoms with Crippen molar-refractivity contribution in [1.29, 1.82) is 0 Å². The predicted molar refractivity (Wildman–Crippen MR) is 115 cm³/mol. The van der Waals surface area contributed by atoms with Crippen molar-refractivity contribution in [2.45, 2.75) is 44.9 Å². The number of aromatic nitrogens is 1. The number of nitrogens with one attached hydrogen (secondary N) is 2. The van der Waals surface area contributed by atoms with Gasteiger partial charge in [-0.1, -0.05) is 11.6 Å². The fourth-order valence-corrected chi connectivity index (χ4v) is 3.67. The minimum absolute atomic E-state index is 0. The van der Waals surface area contributed by atoms with Crippen LogP contribution in [0.1, 0.15) is 30.5 Å². The van der Waals surface area contributed by atoms with Crippen LogP contribution in [0.15, 0.2) is 29.6 Å². The second kappa shape index (κ2) is 11.7. The molecule has 27 heavy (non-hydrogen) atoms. The van der Waals surface area contributed by atoms with Crippen LogP contribution < -0.4 is 15.4 Å². The first-order chi connectivity index (χ1) is 12.1. The minimum atomic E-state index is 0. The van der Waals surface area contributed by atoms with Crippen LogP contribution in [0.3, 0.4) is 0 Å². The summed E-state index contributed by atoms with van der Waals surface area (Å²) in [5.41, 5.74) is 0.786. The van der Waals surface area contributed by atoms with Gasteiger partial charge >= 0.3 is 0 Å². The van der Waals surface area contributed by atoms with Gasteiger partial charge in [-0.15, -0.1) is 36.2 Å². The standard InChI is InChI=1S/C18H22ClN3O2S.2ClH/c1-12-16(3-2-8-20-12)22-17(23)9-14-11-25-18(21-14)10-24-15-6-4-13(19)5-7-15;;/h4-7,11-12,16,20H,2-3,8-10H2,1H3,(H,22,23);2*1H. The van der Waals surface area contributed by atoms with Gasteiger partial charge in [0.1, 0.15) is 17.4 Å². The number of rotatable bonds is 6. The van der Waals surface area contributed by atoms with Gasteiger partial charge in [-0.2, -0.15) is 0 Å². The second-order valence-electron chi connectivity index (χ2n) is 6.21. The van der Waals surface area contributed by atoms with E-state index < -0.39 is 0 Å². The van der Waals surface area contributed by atoms with E-state index in [1.165, 1.54) is 11.3 Å². The van der Waals surface area contributed by atoms with Crippen LogP contribution in [0.5, 0.6) is 5.75 Å². The molecule has 1 fully saturated rings. The molecule has 2 unspecified atom stereocenters. The summed E-state index contributed by atoms with van der Waals surface area (Å²) in [5.74, 6) is 0.772. The highest BCUT2D eigenvalue weighted by molar-refractivity contribution is 7.09. The van der Waals surface area contributed by atoms with Gasteiger partial charge < -0.3 is 15.4 Å². The van der Waals surface area contributed by atoms with Crippen LogP contribution in [0.25, 0.3) is 0 Å². The summed E-state index contributed by atoms with van der Waals surface area (Å²) in [7, 11) is 0. The van der Waals surface area contributed by atoms with Crippen molar-refractivity contribution in [1.82, 2.24) is 15.6 Å². The van der Waals surface area contributed by atoms with Crippen LogP contribution in [0.2, 0.25) is 5.02 Å². The van der Waals surface area contributed by atoms with Gasteiger partial charge in [0.15, 0.2) is 0 Å². The van der Waals surface area contributed by atoms with Crippen LogP contribution in [0, 0.1) is 0 Å². The second-order valence-corrected chi connectivity index (χ2v) is 7.59. The number of carbonyl (C=O) groups is 1. The highest BCUT2D eigenvalue weighted by atomic mass is 35.5. The molecule has 1 amide bonds. The topological polar surface area (TPSA) is 63.2 Å². The van der Waals surface area contributed by atoms with Gasteiger partial charge in [-0.05, 0) is 50.6 Å². The molecule has 0 bridgehead atoms. The molecule has 2 N–H and O–H groups in total. The van der Waals surface area contributed by atoms with E-state index in [-0.39, 0.29) is 36.8 Å². The first-order valence-corrected chi connectivity index (χ1v) is 9.70. The largest absolute Gasteiger partial charge is 0.486 e. The normalized spacial score (nSPS) is 18.7. The Labute approximate surface area is 181 Å². The molecule has 3 rings (SSSR count). The molecular weight excluding hydrogens is 429 g/mol. The van der Waals surface area contributed by atoms with E-state index in [0.717, 1.165) is 35.8 Å². The molecule has 1 aromatic heterocycles. The van der Waals surface area contributed by atoms with Crippen molar-refractivity contribution >= 4 is 53.7 Å².